The SMILES string of the molecule is C[C@H](OC(=O)CNC(=O)OC(C)(C)C)C(=O)ON1C(=O)CCC1=O. The van der Waals surface area contributed by atoms with Crippen LogP contribution >= 0.6 is 0 Å². The fourth-order valence-corrected chi connectivity index (χ4v) is 1.57. The maximum atomic E-state index is 11.7. The molecule has 0 unspecified atom stereocenters. The molecule has 0 spiro atoms. The lowest BCUT2D eigenvalue weighted by molar-refractivity contribution is -0.205. The summed E-state index contributed by atoms with van der Waals surface area (Å²) >= 11 is 0. The van der Waals surface area contributed by atoms with Crippen LogP contribution in [0.3, 0.4) is 0 Å². The molecule has 1 N–H and O–H groups in total. The molecular formula is C14H20N2O8. The lowest BCUT2D eigenvalue weighted by Crippen LogP contribution is -2.40. The van der Waals surface area contributed by atoms with Crippen LogP contribution in [0.2, 0.25) is 0 Å². The summed E-state index contributed by atoms with van der Waals surface area (Å²) in [5.41, 5.74) is -0.722. The molecule has 1 rings (SSSR count). The lowest BCUT2D eigenvalue weighted by atomic mass is 10.2. The van der Waals surface area contributed by atoms with Gasteiger partial charge in [0.1, 0.15) is 12.1 Å². The predicted molar refractivity (Wildman–Crippen MR) is 77.0 cm³/mol. The Morgan fingerprint density at radius 2 is 1.71 bits per heavy atom. The molecule has 0 radical (unpaired) electrons. The van der Waals surface area contributed by atoms with Crippen molar-refractivity contribution in [2.75, 3.05) is 6.54 Å². The first kappa shape index (κ1) is 19.4. The van der Waals surface area contributed by atoms with E-state index in [9.17, 15) is 24.0 Å². The molecule has 1 saturated heterocycles. The number of esters is 1. The predicted octanol–water partition coefficient (Wildman–Crippen LogP) is 0.0500. The summed E-state index contributed by atoms with van der Waals surface area (Å²) < 4.78 is 9.66. The first-order chi connectivity index (χ1) is 11.0. The van der Waals surface area contributed by atoms with Gasteiger partial charge < -0.3 is 19.6 Å². The van der Waals surface area contributed by atoms with E-state index in [1.807, 2.05) is 0 Å². The molecule has 1 atom stereocenters. The number of imide groups is 1. The van der Waals surface area contributed by atoms with Crippen molar-refractivity contribution < 1.29 is 38.3 Å². The van der Waals surface area contributed by atoms with Gasteiger partial charge in [-0.25, -0.2) is 9.59 Å². The second kappa shape index (κ2) is 7.75. The highest BCUT2D eigenvalue weighted by Crippen LogP contribution is 2.13. The summed E-state index contributed by atoms with van der Waals surface area (Å²) in [4.78, 5) is 61.8. The number of hydroxylamine groups is 2. The van der Waals surface area contributed by atoms with Gasteiger partial charge in [-0.1, -0.05) is 0 Å². The van der Waals surface area contributed by atoms with E-state index >= 15 is 0 Å². The molecule has 10 heteroatoms. The molecule has 3 amide bonds. The Bertz CT molecular complexity index is 535. The smallest absolute Gasteiger partial charge is 0.408 e. The Balaban J connectivity index is 2.38. The molecule has 0 saturated carbocycles. The minimum Gasteiger partial charge on any atom is -0.449 e. The zero-order valence-electron chi connectivity index (χ0n) is 13.9. The van der Waals surface area contributed by atoms with E-state index in [0.717, 1.165) is 0 Å². The summed E-state index contributed by atoms with van der Waals surface area (Å²) in [5, 5.41) is 2.52. The van der Waals surface area contributed by atoms with Gasteiger partial charge >= 0.3 is 18.0 Å². The van der Waals surface area contributed by atoms with Crippen molar-refractivity contribution in [1.29, 1.82) is 0 Å². The Kier molecular flexibility index (Phi) is 6.27. The Hall–Kier alpha value is -2.65. The Morgan fingerprint density at radius 3 is 2.21 bits per heavy atom. The minimum atomic E-state index is -1.36. The first-order valence-corrected chi connectivity index (χ1v) is 7.23. The van der Waals surface area contributed by atoms with Crippen molar-refractivity contribution in [3.05, 3.63) is 0 Å². The van der Waals surface area contributed by atoms with Crippen molar-refractivity contribution >= 4 is 29.8 Å². The molecule has 0 bridgehead atoms. The van der Waals surface area contributed by atoms with Gasteiger partial charge in [0.05, 0.1) is 0 Å². The highest BCUT2D eigenvalue weighted by atomic mass is 16.7. The van der Waals surface area contributed by atoms with Crippen LogP contribution in [-0.4, -0.2) is 53.2 Å². The van der Waals surface area contributed by atoms with E-state index in [4.69, 9.17) is 9.47 Å². The van der Waals surface area contributed by atoms with Gasteiger partial charge in [0, 0.05) is 12.8 Å². The van der Waals surface area contributed by atoms with E-state index < -0.39 is 48.1 Å². The molecule has 10 nitrogen and oxygen atoms in total. The van der Waals surface area contributed by atoms with Crippen molar-refractivity contribution in [3.8, 4) is 0 Å². The monoisotopic (exact) mass is 344 g/mol. The van der Waals surface area contributed by atoms with Crippen molar-refractivity contribution in [2.24, 2.45) is 0 Å². The van der Waals surface area contributed by atoms with Crippen LogP contribution in [0.4, 0.5) is 4.79 Å². The van der Waals surface area contributed by atoms with Gasteiger partial charge in [-0.2, -0.15) is 0 Å². The molecule has 1 fully saturated rings. The molecule has 0 aromatic carbocycles. The molecule has 0 aliphatic carbocycles. The zero-order valence-corrected chi connectivity index (χ0v) is 13.9. The van der Waals surface area contributed by atoms with Crippen LogP contribution in [0.15, 0.2) is 0 Å². The first-order valence-electron chi connectivity index (χ1n) is 7.23. The number of hydrogen-bond donors (Lipinski definition) is 1. The third-order valence-corrected chi connectivity index (χ3v) is 2.60. The van der Waals surface area contributed by atoms with Crippen molar-refractivity contribution in [3.63, 3.8) is 0 Å². The number of carbonyl (C=O) groups excluding carboxylic acids is 5. The maximum absolute atomic E-state index is 11.7. The fraction of sp³-hybridized carbons (Fsp3) is 0.643. The van der Waals surface area contributed by atoms with Crippen LogP contribution < -0.4 is 5.32 Å². The number of hydrogen-bond acceptors (Lipinski definition) is 8. The van der Waals surface area contributed by atoms with Crippen LogP contribution in [0.5, 0.6) is 0 Å². The Morgan fingerprint density at radius 1 is 1.17 bits per heavy atom. The summed E-state index contributed by atoms with van der Waals surface area (Å²) in [6.45, 7) is 5.66. The van der Waals surface area contributed by atoms with Crippen LogP contribution in [0, 0.1) is 0 Å². The van der Waals surface area contributed by atoms with E-state index in [0.29, 0.717) is 5.06 Å². The molecule has 1 aliphatic heterocycles. The number of amides is 3. The van der Waals surface area contributed by atoms with Crippen molar-refractivity contribution in [2.45, 2.75) is 52.2 Å². The lowest BCUT2D eigenvalue weighted by Gasteiger charge is -2.20. The third-order valence-electron chi connectivity index (χ3n) is 2.60. The Labute approximate surface area is 138 Å². The van der Waals surface area contributed by atoms with E-state index in [1.54, 1.807) is 20.8 Å². The number of ether oxygens (including phenoxy) is 2. The molecule has 1 aliphatic rings. The van der Waals surface area contributed by atoms with Crippen LogP contribution in [0.25, 0.3) is 0 Å². The van der Waals surface area contributed by atoms with E-state index in [2.05, 4.69) is 10.2 Å². The summed E-state index contributed by atoms with van der Waals surface area (Å²) in [6, 6.07) is 0. The molecule has 0 aromatic rings. The molecule has 0 aromatic heterocycles. The van der Waals surface area contributed by atoms with Gasteiger partial charge in [-0.3, -0.25) is 14.4 Å². The molecule has 1 heterocycles. The summed E-state index contributed by atoms with van der Waals surface area (Å²) in [6.07, 6.45) is -2.26. The minimum absolute atomic E-state index is 0.0416. The second-order valence-electron chi connectivity index (χ2n) is 5.98. The number of carbonyl (C=O) groups is 5. The van der Waals surface area contributed by atoms with Gasteiger partial charge in [-0.15, -0.1) is 5.06 Å². The maximum Gasteiger partial charge on any atom is 0.408 e. The highest BCUT2D eigenvalue weighted by molar-refractivity contribution is 6.01. The average molecular weight is 344 g/mol. The standard InChI is InChI=1S/C14H20N2O8/c1-8(12(20)24-16-9(17)5-6-10(16)18)22-11(19)7-15-13(21)23-14(2,3)4/h8H,5-7H2,1-4H3,(H,15,21)/t8-/m0/s1. The normalized spacial score (nSPS) is 15.8. The number of rotatable bonds is 5. The summed E-state index contributed by atoms with van der Waals surface area (Å²) in [5.74, 6) is -3.27. The van der Waals surface area contributed by atoms with Gasteiger partial charge in [0.15, 0.2) is 6.10 Å². The van der Waals surface area contributed by atoms with E-state index in [1.165, 1.54) is 6.92 Å². The van der Waals surface area contributed by atoms with Gasteiger partial charge in [0.2, 0.25) is 0 Å². The van der Waals surface area contributed by atoms with Crippen LogP contribution in [-0.2, 0) is 33.5 Å². The van der Waals surface area contributed by atoms with Gasteiger partial charge in [-0.05, 0) is 27.7 Å². The number of nitrogens with one attached hydrogen (secondary N) is 1. The third kappa shape index (κ3) is 6.23. The van der Waals surface area contributed by atoms with Gasteiger partial charge in [0.25, 0.3) is 11.8 Å². The highest BCUT2D eigenvalue weighted by Gasteiger charge is 2.34. The van der Waals surface area contributed by atoms with E-state index in [-0.39, 0.29) is 12.8 Å². The van der Waals surface area contributed by atoms with Crippen LogP contribution in [0.1, 0.15) is 40.5 Å². The fourth-order valence-electron chi connectivity index (χ4n) is 1.57. The zero-order chi connectivity index (χ0) is 18.5. The molecule has 134 valence electrons. The molecular weight excluding hydrogens is 324 g/mol. The molecule has 24 heavy (non-hydrogen) atoms. The largest absolute Gasteiger partial charge is 0.449 e. The quantitative estimate of drug-likeness (QED) is 0.547. The topological polar surface area (TPSA) is 128 Å². The van der Waals surface area contributed by atoms with Crippen molar-refractivity contribution in [1.82, 2.24) is 10.4 Å². The number of alkyl carbamates (subject to hydrolysis) is 1. The second-order valence-corrected chi connectivity index (χ2v) is 5.98. The average Bonchev–Trinajstić information content (AvgIpc) is 2.75. The number of nitrogens with zero attached hydrogens (tertiary/aromatic N) is 1. The summed E-state index contributed by atoms with van der Waals surface area (Å²) in [7, 11) is 0.